The van der Waals surface area contributed by atoms with Gasteiger partial charge in [-0.2, -0.15) is 0 Å². The highest BCUT2D eigenvalue weighted by Crippen LogP contribution is 2.35. The molecule has 2 fully saturated rings. The summed E-state index contributed by atoms with van der Waals surface area (Å²) in [6.45, 7) is 6.93. The van der Waals surface area contributed by atoms with E-state index < -0.39 is 0 Å². The molecule has 2 atom stereocenters. The van der Waals surface area contributed by atoms with Gasteiger partial charge in [-0.3, -0.25) is 9.80 Å². The largest absolute Gasteiger partial charge is 0.326 e. The second-order valence-electron chi connectivity index (χ2n) is 5.96. The van der Waals surface area contributed by atoms with Crippen LogP contribution in [0, 0.1) is 0 Å². The predicted molar refractivity (Wildman–Crippen MR) is 89.2 cm³/mol. The summed E-state index contributed by atoms with van der Waals surface area (Å²) in [6, 6.07) is 5.90. The van der Waals surface area contributed by atoms with E-state index in [9.17, 15) is 0 Å². The zero-order chi connectivity index (χ0) is 14.1. The highest BCUT2D eigenvalue weighted by Gasteiger charge is 2.34. The van der Waals surface area contributed by atoms with Gasteiger partial charge in [0.2, 0.25) is 0 Å². The Labute approximate surface area is 134 Å². The first-order valence-electron chi connectivity index (χ1n) is 7.68. The number of thiophene rings is 1. The second-order valence-corrected chi connectivity index (χ2v) is 8.46. The zero-order valence-electron chi connectivity index (χ0n) is 12.1. The van der Waals surface area contributed by atoms with Crippen molar-refractivity contribution in [1.82, 2.24) is 9.80 Å². The summed E-state index contributed by atoms with van der Waals surface area (Å²) in [5.74, 6) is 0. The van der Waals surface area contributed by atoms with Crippen LogP contribution in [0.2, 0.25) is 0 Å². The van der Waals surface area contributed by atoms with Gasteiger partial charge in [-0.15, -0.1) is 11.3 Å². The summed E-state index contributed by atoms with van der Waals surface area (Å²) in [5.41, 5.74) is 6.43. The Morgan fingerprint density at radius 2 is 2.00 bits per heavy atom. The van der Waals surface area contributed by atoms with Crippen LogP contribution in [-0.4, -0.2) is 48.1 Å². The number of hydrogen-bond donors (Lipinski definition) is 1. The molecule has 1 saturated heterocycles. The summed E-state index contributed by atoms with van der Waals surface area (Å²) in [5, 5.41) is 0. The van der Waals surface area contributed by atoms with Crippen molar-refractivity contribution >= 4 is 27.3 Å². The van der Waals surface area contributed by atoms with E-state index in [0.717, 1.165) is 25.6 Å². The Hall–Kier alpha value is 0.0600. The van der Waals surface area contributed by atoms with Gasteiger partial charge in [-0.1, -0.05) is 6.92 Å². The van der Waals surface area contributed by atoms with Gasteiger partial charge in [0.25, 0.3) is 0 Å². The molecule has 20 heavy (non-hydrogen) atoms. The van der Waals surface area contributed by atoms with Crippen molar-refractivity contribution in [1.29, 1.82) is 0 Å². The molecule has 2 N–H and O–H groups in total. The Bertz CT molecular complexity index is 438. The molecule has 112 valence electrons. The van der Waals surface area contributed by atoms with Crippen LogP contribution < -0.4 is 5.73 Å². The Morgan fingerprint density at radius 1 is 1.30 bits per heavy atom. The predicted octanol–water partition coefficient (Wildman–Crippen LogP) is 3.07. The lowest BCUT2D eigenvalue weighted by Crippen LogP contribution is -2.51. The van der Waals surface area contributed by atoms with Crippen molar-refractivity contribution in [3.8, 4) is 0 Å². The van der Waals surface area contributed by atoms with Gasteiger partial charge in [0.05, 0.1) is 9.83 Å². The van der Waals surface area contributed by atoms with Crippen LogP contribution in [0.5, 0.6) is 0 Å². The molecule has 1 aliphatic carbocycles. The minimum atomic E-state index is 0.230. The summed E-state index contributed by atoms with van der Waals surface area (Å²) in [6.07, 6.45) is 3.86. The molecule has 1 saturated carbocycles. The Kier molecular flexibility index (Phi) is 4.82. The fourth-order valence-corrected chi connectivity index (χ4v) is 4.83. The van der Waals surface area contributed by atoms with Crippen molar-refractivity contribution in [2.24, 2.45) is 5.73 Å². The monoisotopic (exact) mass is 357 g/mol. The molecule has 1 aromatic heterocycles. The van der Waals surface area contributed by atoms with Crippen LogP contribution in [0.15, 0.2) is 15.9 Å². The van der Waals surface area contributed by atoms with Crippen molar-refractivity contribution in [2.75, 3.05) is 26.2 Å². The number of hydrogen-bond acceptors (Lipinski definition) is 4. The van der Waals surface area contributed by atoms with Crippen LogP contribution in [0.25, 0.3) is 0 Å². The van der Waals surface area contributed by atoms with Crippen molar-refractivity contribution in [3.05, 3.63) is 20.8 Å². The molecular weight excluding hydrogens is 334 g/mol. The first-order valence-corrected chi connectivity index (χ1v) is 9.29. The maximum atomic E-state index is 6.43. The molecule has 0 aromatic carbocycles. The zero-order valence-corrected chi connectivity index (χ0v) is 14.5. The fraction of sp³-hybridized carbons (Fsp3) is 0.733. The summed E-state index contributed by atoms with van der Waals surface area (Å²) in [7, 11) is 0. The Morgan fingerprint density at radius 3 is 2.50 bits per heavy atom. The van der Waals surface area contributed by atoms with E-state index in [1.165, 1.54) is 34.6 Å². The summed E-state index contributed by atoms with van der Waals surface area (Å²) in [4.78, 5) is 6.67. The smallest absolute Gasteiger partial charge is 0.0702 e. The maximum Gasteiger partial charge on any atom is 0.0702 e. The van der Waals surface area contributed by atoms with Crippen LogP contribution in [-0.2, 0) is 0 Å². The summed E-state index contributed by atoms with van der Waals surface area (Å²) >= 11 is 5.42. The molecule has 3 rings (SSSR count). The maximum absolute atomic E-state index is 6.43. The lowest BCUT2D eigenvalue weighted by atomic mass is 10.0. The van der Waals surface area contributed by atoms with E-state index in [2.05, 4.69) is 44.8 Å². The molecule has 0 amide bonds. The van der Waals surface area contributed by atoms with E-state index in [1.54, 1.807) is 0 Å². The molecule has 0 spiro atoms. The fourth-order valence-electron chi connectivity index (χ4n) is 3.19. The SMILES string of the molecule is CCC(N)C(c1ccc(Br)s1)N1CCN(C2CC2)CC1. The van der Waals surface area contributed by atoms with E-state index in [4.69, 9.17) is 5.73 Å². The van der Waals surface area contributed by atoms with Crippen molar-refractivity contribution < 1.29 is 0 Å². The van der Waals surface area contributed by atoms with Gasteiger partial charge in [-0.25, -0.2) is 0 Å². The third-order valence-corrected chi connectivity index (χ3v) is 6.26. The highest BCUT2D eigenvalue weighted by molar-refractivity contribution is 9.11. The van der Waals surface area contributed by atoms with Crippen LogP contribution in [0.3, 0.4) is 0 Å². The first kappa shape index (κ1) is 15.0. The third-order valence-electron chi connectivity index (χ3n) is 4.57. The van der Waals surface area contributed by atoms with Crippen LogP contribution in [0.4, 0.5) is 0 Å². The molecule has 0 radical (unpaired) electrons. The number of nitrogens with zero attached hydrogens (tertiary/aromatic N) is 2. The van der Waals surface area contributed by atoms with Gasteiger partial charge in [0, 0.05) is 43.1 Å². The van der Waals surface area contributed by atoms with E-state index in [-0.39, 0.29) is 6.04 Å². The standard InChI is InChI=1S/C15H24BrN3S/c1-2-12(17)15(13-5-6-14(16)20-13)19-9-7-18(8-10-19)11-3-4-11/h5-6,11-12,15H,2-4,7-10,17H2,1H3. The van der Waals surface area contributed by atoms with Gasteiger partial charge >= 0.3 is 0 Å². The minimum absolute atomic E-state index is 0.230. The second kappa shape index (κ2) is 6.44. The molecule has 2 aliphatic rings. The van der Waals surface area contributed by atoms with Gasteiger partial charge in [0.1, 0.15) is 0 Å². The van der Waals surface area contributed by atoms with Crippen molar-refractivity contribution in [3.63, 3.8) is 0 Å². The molecule has 3 nitrogen and oxygen atoms in total. The Balaban J connectivity index is 1.69. The average molecular weight is 358 g/mol. The van der Waals surface area contributed by atoms with Gasteiger partial charge < -0.3 is 5.73 Å². The summed E-state index contributed by atoms with van der Waals surface area (Å²) < 4.78 is 1.21. The third kappa shape index (κ3) is 3.28. The average Bonchev–Trinajstić information content (AvgIpc) is 3.23. The molecule has 0 bridgehead atoms. The number of rotatable bonds is 5. The normalized spacial score (nSPS) is 24.8. The lowest BCUT2D eigenvalue weighted by Gasteiger charge is -2.41. The van der Waals surface area contributed by atoms with Crippen LogP contribution >= 0.6 is 27.3 Å². The topological polar surface area (TPSA) is 32.5 Å². The quantitative estimate of drug-likeness (QED) is 0.878. The lowest BCUT2D eigenvalue weighted by molar-refractivity contribution is 0.0809. The van der Waals surface area contributed by atoms with E-state index in [1.807, 2.05) is 11.3 Å². The van der Waals surface area contributed by atoms with E-state index >= 15 is 0 Å². The van der Waals surface area contributed by atoms with Crippen molar-refractivity contribution in [2.45, 2.75) is 44.3 Å². The molecule has 2 heterocycles. The molecule has 1 aliphatic heterocycles. The number of piperazine rings is 1. The molecule has 2 unspecified atom stereocenters. The highest BCUT2D eigenvalue weighted by atomic mass is 79.9. The number of nitrogens with two attached hydrogens (primary N) is 1. The first-order chi connectivity index (χ1) is 9.69. The van der Waals surface area contributed by atoms with Gasteiger partial charge in [0.15, 0.2) is 0 Å². The number of halogens is 1. The van der Waals surface area contributed by atoms with Crippen LogP contribution in [0.1, 0.15) is 37.1 Å². The van der Waals surface area contributed by atoms with Gasteiger partial charge in [-0.05, 0) is 47.3 Å². The molecule has 5 heteroatoms. The van der Waals surface area contributed by atoms with E-state index in [0.29, 0.717) is 6.04 Å². The minimum Gasteiger partial charge on any atom is -0.326 e. The molecule has 1 aromatic rings. The molecular formula is C15H24BrN3S.